The van der Waals surface area contributed by atoms with Gasteiger partial charge in [-0.25, -0.2) is 4.98 Å². The summed E-state index contributed by atoms with van der Waals surface area (Å²) in [6.45, 7) is 0. The van der Waals surface area contributed by atoms with Crippen LogP contribution in [0.2, 0.25) is 10.3 Å². The number of amides is 1. The number of fused-ring (bicyclic) bond motifs is 1. The van der Waals surface area contributed by atoms with Crippen LogP contribution in [0, 0.1) is 0 Å². The Morgan fingerprint density at radius 2 is 1.95 bits per heavy atom. The number of carbonyl (C=O) groups excluding carboxylic acids is 1. The maximum Gasteiger partial charge on any atom is 0.251 e. The Kier molecular flexibility index (Phi) is 4.38. The fourth-order valence-electron chi connectivity index (χ4n) is 2.33. The average Bonchev–Trinajstić information content (AvgIpc) is 2.46. The van der Waals surface area contributed by atoms with Crippen molar-refractivity contribution in [1.82, 2.24) is 10.3 Å². The number of nitrogens with one attached hydrogen (secondary N) is 1. The van der Waals surface area contributed by atoms with Crippen LogP contribution in [-0.4, -0.2) is 16.6 Å². The Hall–Kier alpha value is -1.23. The maximum absolute atomic E-state index is 12.4. The number of nitrogens with zero attached hydrogens (tertiary/aromatic N) is 1. The summed E-state index contributed by atoms with van der Waals surface area (Å²) in [6, 6.07) is 11.2. The first kappa shape index (κ1) is 14.7. The zero-order valence-corrected chi connectivity index (χ0v) is 13.3. The smallest absolute Gasteiger partial charge is 0.251 e. The minimum absolute atomic E-state index is 0.0145. The van der Waals surface area contributed by atoms with Gasteiger partial charge < -0.3 is 5.32 Å². The molecule has 0 saturated heterocycles. The van der Waals surface area contributed by atoms with Crippen molar-refractivity contribution in [2.45, 2.75) is 17.4 Å². The quantitative estimate of drug-likeness (QED) is 0.827. The number of pyridine rings is 1. The molecule has 1 N–H and O–H groups in total. The maximum atomic E-state index is 12.4. The second kappa shape index (κ2) is 6.26. The Morgan fingerprint density at radius 3 is 2.71 bits per heavy atom. The molecule has 0 bridgehead atoms. The summed E-state index contributed by atoms with van der Waals surface area (Å²) in [4.78, 5) is 17.4. The van der Waals surface area contributed by atoms with Crippen LogP contribution in [-0.2, 0) is 0 Å². The van der Waals surface area contributed by atoms with E-state index in [4.69, 9.17) is 23.2 Å². The standard InChI is InChI=1S/C15H12Cl2N2OS/c16-13-7-9(8-14(17)19-13)15(20)18-11-5-6-21-12-4-2-1-3-10(11)12/h1-4,7-8,11H,5-6H2,(H,18,20)/t11-/m0/s1. The zero-order valence-electron chi connectivity index (χ0n) is 11.0. The van der Waals surface area contributed by atoms with Gasteiger partial charge in [0.05, 0.1) is 6.04 Å². The summed E-state index contributed by atoms with van der Waals surface area (Å²) in [5.74, 6) is 0.799. The van der Waals surface area contributed by atoms with E-state index in [1.165, 1.54) is 17.0 Å². The van der Waals surface area contributed by atoms with Gasteiger partial charge in [0.25, 0.3) is 5.91 Å². The molecule has 1 aromatic carbocycles. The van der Waals surface area contributed by atoms with E-state index in [1.807, 2.05) is 23.9 Å². The first-order valence-corrected chi connectivity index (χ1v) is 8.23. The number of carbonyl (C=O) groups is 1. The van der Waals surface area contributed by atoms with Gasteiger partial charge in [-0.1, -0.05) is 41.4 Å². The number of hydrogen-bond donors (Lipinski definition) is 1. The molecule has 2 aromatic rings. The van der Waals surface area contributed by atoms with Crippen LogP contribution in [0.1, 0.15) is 28.4 Å². The SMILES string of the molecule is O=C(N[C@H]1CCSc2ccccc21)c1cc(Cl)nc(Cl)c1. The largest absolute Gasteiger partial charge is 0.345 e. The Labute approximate surface area is 137 Å². The lowest BCUT2D eigenvalue weighted by molar-refractivity contribution is 0.0935. The molecule has 3 nitrogen and oxygen atoms in total. The molecule has 108 valence electrons. The third kappa shape index (κ3) is 3.34. The topological polar surface area (TPSA) is 42.0 Å². The number of rotatable bonds is 2. The lowest BCUT2D eigenvalue weighted by atomic mass is 10.0. The molecule has 0 spiro atoms. The summed E-state index contributed by atoms with van der Waals surface area (Å²) >= 11 is 13.5. The fourth-order valence-corrected chi connectivity index (χ4v) is 3.92. The molecule has 0 fully saturated rings. The number of aromatic nitrogens is 1. The van der Waals surface area contributed by atoms with Crippen LogP contribution >= 0.6 is 35.0 Å². The van der Waals surface area contributed by atoms with Crippen molar-refractivity contribution in [1.29, 1.82) is 0 Å². The van der Waals surface area contributed by atoms with Crippen molar-refractivity contribution in [3.63, 3.8) is 0 Å². The molecule has 1 aliphatic heterocycles. The molecule has 21 heavy (non-hydrogen) atoms. The minimum atomic E-state index is -0.187. The molecule has 0 aliphatic carbocycles. The van der Waals surface area contributed by atoms with E-state index >= 15 is 0 Å². The molecule has 1 aliphatic rings. The average molecular weight is 339 g/mol. The zero-order chi connectivity index (χ0) is 14.8. The summed E-state index contributed by atoms with van der Waals surface area (Å²) in [5.41, 5.74) is 1.59. The number of hydrogen-bond acceptors (Lipinski definition) is 3. The van der Waals surface area contributed by atoms with Crippen molar-refractivity contribution in [3.8, 4) is 0 Å². The predicted molar refractivity (Wildman–Crippen MR) is 86.2 cm³/mol. The van der Waals surface area contributed by atoms with Gasteiger partial charge in [-0.3, -0.25) is 4.79 Å². The van der Waals surface area contributed by atoms with Crippen LogP contribution < -0.4 is 5.32 Å². The Morgan fingerprint density at radius 1 is 1.24 bits per heavy atom. The van der Waals surface area contributed by atoms with E-state index < -0.39 is 0 Å². The molecule has 6 heteroatoms. The van der Waals surface area contributed by atoms with Crippen molar-refractivity contribution in [2.75, 3.05) is 5.75 Å². The highest BCUT2D eigenvalue weighted by Crippen LogP contribution is 2.35. The normalized spacial score (nSPS) is 17.1. The van der Waals surface area contributed by atoms with E-state index in [2.05, 4.69) is 22.4 Å². The fraction of sp³-hybridized carbons (Fsp3) is 0.200. The monoisotopic (exact) mass is 338 g/mol. The van der Waals surface area contributed by atoms with Crippen LogP contribution in [0.15, 0.2) is 41.3 Å². The summed E-state index contributed by atoms with van der Waals surface area (Å²) in [5, 5.41) is 3.48. The van der Waals surface area contributed by atoms with Gasteiger partial charge in [0, 0.05) is 16.2 Å². The van der Waals surface area contributed by atoms with E-state index in [9.17, 15) is 4.79 Å². The molecule has 0 unspecified atom stereocenters. The highest BCUT2D eigenvalue weighted by Gasteiger charge is 2.22. The molecule has 1 amide bonds. The van der Waals surface area contributed by atoms with Crippen LogP contribution in [0.5, 0.6) is 0 Å². The van der Waals surface area contributed by atoms with E-state index in [1.54, 1.807) is 0 Å². The first-order valence-electron chi connectivity index (χ1n) is 6.49. The molecule has 3 rings (SSSR count). The molecule has 0 saturated carbocycles. The summed E-state index contributed by atoms with van der Waals surface area (Å²) in [7, 11) is 0. The predicted octanol–water partition coefficient (Wildman–Crippen LogP) is 4.36. The second-order valence-corrected chi connectivity index (χ2v) is 6.61. The lowest BCUT2D eigenvalue weighted by Gasteiger charge is -2.25. The van der Waals surface area contributed by atoms with E-state index in [-0.39, 0.29) is 22.3 Å². The van der Waals surface area contributed by atoms with E-state index in [0.717, 1.165) is 17.7 Å². The lowest BCUT2D eigenvalue weighted by Crippen LogP contribution is -2.30. The Balaban J connectivity index is 1.82. The molecule has 1 aromatic heterocycles. The van der Waals surface area contributed by atoms with Gasteiger partial charge in [-0.05, 0) is 30.2 Å². The molecular formula is C15H12Cl2N2OS. The molecular weight excluding hydrogens is 327 g/mol. The van der Waals surface area contributed by atoms with Crippen LogP contribution in [0.25, 0.3) is 0 Å². The first-order chi connectivity index (χ1) is 10.1. The van der Waals surface area contributed by atoms with Crippen molar-refractivity contribution in [3.05, 3.63) is 57.8 Å². The second-order valence-electron chi connectivity index (χ2n) is 4.70. The third-order valence-electron chi connectivity index (χ3n) is 3.29. The van der Waals surface area contributed by atoms with Gasteiger partial charge in [-0.15, -0.1) is 11.8 Å². The highest BCUT2D eigenvalue weighted by molar-refractivity contribution is 7.99. The highest BCUT2D eigenvalue weighted by atomic mass is 35.5. The van der Waals surface area contributed by atoms with Gasteiger partial charge in [0.15, 0.2) is 0 Å². The molecule has 1 atom stereocenters. The number of thioether (sulfide) groups is 1. The molecule has 2 heterocycles. The minimum Gasteiger partial charge on any atom is -0.345 e. The van der Waals surface area contributed by atoms with Crippen LogP contribution in [0.4, 0.5) is 0 Å². The van der Waals surface area contributed by atoms with Gasteiger partial charge in [-0.2, -0.15) is 0 Å². The van der Waals surface area contributed by atoms with Crippen molar-refractivity contribution < 1.29 is 4.79 Å². The third-order valence-corrected chi connectivity index (χ3v) is 4.80. The van der Waals surface area contributed by atoms with Gasteiger partial charge >= 0.3 is 0 Å². The number of halogens is 2. The summed E-state index contributed by atoms with van der Waals surface area (Å²) < 4.78 is 0. The Bertz CT molecular complexity index is 673. The van der Waals surface area contributed by atoms with Crippen molar-refractivity contribution >= 4 is 40.9 Å². The van der Waals surface area contributed by atoms with Gasteiger partial charge in [0.2, 0.25) is 0 Å². The van der Waals surface area contributed by atoms with Gasteiger partial charge in [0.1, 0.15) is 10.3 Å². The summed E-state index contributed by atoms with van der Waals surface area (Å²) in [6.07, 6.45) is 0.903. The number of benzene rings is 1. The van der Waals surface area contributed by atoms with E-state index in [0.29, 0.717) is 5.56 Å². The molecule has 0 radical (unpaired) electrons. The van der Waals surface area contributed by atoms with Crippen molar-refractivity contribution in [2.24, 2.45) is 0 Å². The van der Waals surface area contributed by atoms with Crippen LogP contribution in [0.3, 0.4) is 0 Å².